The second kappa shape index (κ2) is 10.0. The molecule has 1 aliphatic rings. The lowest BCUT2D eigenvalue weighted by molar-refractivity contribution is -0.140. The molecule has 1 amide bonds. The van der Waals surface area contributed by atoms with Crippen LogP contribution in [0.15, 0.2) is 48.0 Å². The number of ketones is 1. The molecule has 1 heterocycles. The fourth-order valence-electron chi connectivity index (χ4n) is 4.20. The number of Topliss-reactive ketones (excluding diaryl/α,β-unsaturated/α-hetero) is 1. The summed E-state index contributed by atoms with van der Waals surface area (Å²) in [5.74, 6) is -1.01. The fraction of sp³-hybridized carbons (Fsp3) is 0.429. The molecule has 2 aromatic carbocycles. The van der Waals surface area contributed by atoms with Gasteiger partial charge in [-0.3, -0.25) is 9.59 Å². The number of aryl methyl sites for hydroxylation is 1. The molecule has 2 aromatic rings. The van der Waals surface area contributed by atoms with Crippen molar-refractivity contribution in [2.75, 3.05) is 20.3 Å². The Kier molecular flexibility index (Phi) is 7.51. The number of benzene rings is 2. The number of aliphatic hydroxyl groups excluding tert-OH is 1. The maximum atomic E-state index is 13.3. The number of methoxy groups -OCH3 is 1. The first-order chi connectivity index (χ1) is 16.0. The monoisotopic (exact) mass is 465 g/mol. The zero-order valence-corrected chi connectivity index (χ0v) is 21.1. The van der Waals surface area contributed by atoms with E-state index in [1.54, 1.807) is 13.2 Å². The van der Waals surface area contributed by atoms with E-state index >= 15 is 0 Å². The Balaban J connectivity index is 2.22. The normalized spacial score (nSPS) is 18.1. The number of hydrogen-bond donors (Lipinski definition) is 1. The molecule has 0 radical (unpaired) electrons. The van der Waals surface area contributed by atoms with Gasteiger partial charge in [0.05, 0.1) is 31.4 Å². The molecule has 1 N–H and O–H groups in total. The van der Waals surface area contributed by atoms with E-state index in [0.717, 1.165) is 11.1 Å². The van der Waals surface area contributed by atoms with E-state index in [1.165, 1.54) is 4.90 Å². The van der Waals surface area contributed by atoms with Crippen molar-refractivity contribution < 1.29 is 24.2 Å². The quantitative estimate of drug-likeness (QED) is 0.348. The number of hydrogen-bond acceptors (Lipinski definition) is 5. The fourth-order valence-corrected chi connectivity index (χ4v) is 4.20. The van der Waals surface area contributed by atoms with Crippen LogP contribution < -0.4 is 4.74 Å². The van der Waals surface area contributed by atoms with E-state index < -0.39 is 17.7 Å². The smallest absolute Gasteiger partial charge is 0.295 e. The molecule has 1 unspecified atom stereocenters. The van der Waals surface area contributed by atoms with Gasteiger partial charge in [-0.05, 0) is 49.4 Å². The number of carbonyl (C=O) groups is 2. The molecule has 0 saturated carbocycles. The van der Waals surface area contributed by atoms with Gasteiger partial charge in [-0.2, -0.15) is 0 Å². The van der Waals surface area contributed by atoms with Gasteiger partial charge in [0.2, 0.25) is 0 Å². The number of para-hydroxylation sites is 1. The molecule has 34 heavy (non-hydrogen) atoms. The average Bonchev–Trinajstić information content (AvgIpc) is 3.02. The highest BCUT2D eigenvalue weighted by Gasteiger charge is 2.47. The number of ether oxygens (including phenoxy) is 2. The number of amides is 1. The molecular formula is C28H35NO5. The molecule has 0 aliphatic carbocycles. The molecule has 6 nitrogen and oxygen atoms in total. The Hall–Kier alpha value is -3.12. The highest BCUT2D eigenvalue weighted by atomic mass is 16.5. The van der Waals surface area contributed by atoms with Crippen LogP contribution in [0, 0.1) is 6.92 Å². The van der Waals surface area contributed by atoms with Crippen molar-refractivity contribution in [2.45, 2.75) is 59.1 Å². The summed E-state index contributed by atoms with van der Waals surface area (Å²) in [6, 6.07) is 12.3. The van der Waals surface area contributed by atoms with Crippen molar-refractivity contribution in [3.8, 4) is 5.75 Å². The highest BCUT2D eigenvalue weighted by Crippen LogP contribution is 2.43. The summed E-state index contributed by atoms with van der Waals surface area (Å²) in [6.07, 6.45) is -0.00989. The molecule has 1 atom stereocenters. The van der Waals surface area contributed by atoms with E-state index in [-0.39, 0.29) is 36.0 Å². The predicted octanol–water partition coefficient (Wildman–Crippen LogP) is 5.15. The summed E-state index contributed by atoms with van der Waals surface area (Å²) in [4.78, 5) is 27.9. The molecule has 3 rings (SSSR count). The van der Waals surface area contributed by atoms with Crippen molar-refractivity contribution in [1.82, 2.24) is 4.90 Å². The first-order valence-corrected chi connectivity index (χ1v) is 11.6. The van der Waals surface area contributed by atoms with Crippen molar-refractivity contribution in [1.29, 1.82) is 0 Å². The molecule has 6 heteroatoms. The van der Waals surface area contributed by atoms with E-state index in [2.05, 4.69) is 20.8 Å². The summed E-state index contributed by atoms with van der Waals surface area (Å²) in [7, 11) is 1.55. The molecule has 0 aromatic heterocycles. The lowest BCUT2D eigenvalue weighted by Crippen LogP contribution is -2.33. The van der Waals surface area contributed by atoms with E-state index in [4.69, 9.17) is 9.47 Å². The van der Waals surface area contributed by atoms with Crippen LogP contribution in [-0.2, 0) is 19.7 Å². The Morgan fingerprint density at radius 3 is 2.41 bits per heavy atom. The van der Waals surface area contributed by atoms with Gasteiger partial charge in [-0.25, -0.2) is 0 Å². The number of nitrogens with zero attached hydrogens (tertiary/aromatic N) is 1. The third-order valence-electron chi connectivity index (χ3n) is 6.12. The highest BCUT2D eigenvalue weighted by molar-refractivity contribution is 6.46. The summed E-state index contributed by atoms with van der Waals surface area (Å²) in [5, 5.41) is 11.5. The van der Waals surface area contributed by atoms with Crippen molar-refractivity contribution in [3.05, 3.63) is 70.3 Å². The molecule has 1 saturated heterocycles. The maximum Gasteiger partial charge on any atom is 0.295 e. The van der Waals surface area contributed by atoms with Gasteiger partial charge in [-0.1, -0.05) is 51.1 Å². The van der Waals surface area contributed by atoms with Crippen molar-refractivity contribution >= 4 is 17.4 Å². The summed E-state index contributed by atoms with van der Waals surface area (Å²) >= 11 is 0. The SMILES string of the molecule is COc1ccccc1C1/C(=C(\O)c2cc(C(C)(C)C)ccc2C)C(=O)C(=O)N1CCOC(C)C. The molecular weight excluding hydrogens is 430 g/mol. The minimum atomic E-state index is -0.787. The van der Waals surface area contributed by atoms with Crippen LogP contribution in [0.2, 0.25) is 0 Å². The van der Waals surface area contributed by atoms with Gasteiger partial charge in [0.25, 0.3) is 11.7 Å². The second-order valence-electron chi connectivity index (χ2n) is 9.93. The lowest BCUT2D eigenvalue weighted by atomic mass is 9.84. The van der Waals surface area contributed by atoms with Gasteiger partial charge in [0.1, 0.15) is 11.5 Å². The zero-order chi connectivity index (χ0) is 25.2. The van der Waals surface area contributed by atoms with Crippen LogP contribution in [0.3, 0.4) is 0 Å². The number of likely N-dealkylation sites (tertiary alicyclic amines) is 1. The minimum Gasteiger partial charge on any atom is -0.507 e. The van der Waals surface area contributed by atoms with Crippen molar-refractivity contribution in [3.63, 3.8) is 0 Å². The Labute approximate surface area is 202 Å². The summed E-state index contributed by atoms with van der Waals surface area (Å²) < 4.78 is 11.2. The maximum absolute atomic E-state index is 13.3. The largest absolute Gasteiger partial charge is 0.507 e. The predicted molar refractivity (Wildman–Crippen MR) is 133 cm³/mol. The van der Waals surface area contributed by atoms with E-state index in [9.17, 15) is 14.7 Å². The van der Waals surface area contributed by atoms with Gasteiger partial charge < -0.3 is 19.5 Å². The summed E-state index contributed by atoms with van der Waals surface area (Å²) in [6.45, 7) is 12.5. The number of aliphatic hydroxyl groups is 1. The van der Waals surface area contributed by atoms with Gasteiger partial charge in [-0.15, -0.1) is 0 Å². The standard InChI is InChI=1S/C28H35NO5/c1-17(2)34-15-14-29-24(20-10-8-9-11-22(20)33-7)23(26(31)27(29)32)25(30)21-16-19(28(4,5)6)13-12-18(21)3/h8-13,16-17,24,30H,14-15H2,1-7H3/b25-23+. The third-order valence-corrected chi connectivity index (χ3v) is 6.12. The van der Waals surface area contributed by atoms with Crippen LogP contribution in [-0.4, -0.2) is 48.1 Å². The third kappa shape index (κ3) is 5.02. The van der Waals surface area contributed by atoms with Crippen molar-refractivity contribution in [2.24, 2.45) is 0 Å². The minimum absolute atomic E-state index is 0.00989. The van der Waals surface area contributed by atoms with Crippen LogP contribution in [0.1, 0.15) is 62.9 Å². The summed E-state index contributed by atoms with van der Waals surface area (Å²) in [5.41, 5.74) is 2.94. The second-order valence-corrected chi connectivity index (χ2v) is 9.93. The topological polar surface area (TPSA) is 76.1 Å². The van der Waals surface area contributed by atoms with Gasteiger partial charge in [0.15, 0.2) is 0 Å². The van der Waals surface area contributed by atoms with Crippen LogP contribution in [0.4, 0.5) is 0 Å². The molecule has 1 aliphatic heterocycles. The van der Waals surface area contributed by atoms with E-state index in [0.29, 0.717) is 16.9 Å². The molecule has 0 spiro atoms. The molecule has 182 valence electrons. The van der Waals surface area contributed by atoms with E-state index in [1.807, 2.05) is 57.2 Å². The van der Waals surface area contributed by atoms with Crippen LogP contribution >= 0.6 is 0 Å². The van der Waals surface area contributed by atoms with Gasteiger partial charge in [0, 0.05) is 17.7 Å². The van der Waals surface area contributed by atoms with Crippen LogP contribution in [0.25, 0.3) is 5.76 Å². The lowest BCUT2D eigenvalue weighted by Gasteiger charge is -2.27. The Morgan fingerprint density at radius 2 is 1.79 bits per heavy atom. The Bertz CT molecular complexity index is 1110. The molecule has 0 bridgehead atoms. The van der Waals surface area contributed by atoms with Gasteiger partial charge >= 0.3 is 0 Å². The number of rotatable bonds is 7. The molecule has 1 fully saturated rings. The van der Waals surface area contributed by atoms with Crippen LogP contribution in [0.5, 0.6) is 5.75 Å². The first kappa shape index (κ1) is 25.5. The first-order valence-electron chi connectivity index (χ1n) is 11.6. The number of carbonyl (C=O) groups excluding carboxylic acids is 2. The average molecular weight is 466 g/mol. The zero-order valence-electron chi connectivity index (χ0n) is 21.1. The Morgan fingerprint density at radius 1 is 1.12 bits per heavy atom.